The Morgan fingerprint density at radius 3 is 1.95 bits per heavy atom. The number of anilines is 4. The molecule has 2 aromatic rings. The van der Waals surface area contributed by atoms with Crippen LogP contribution < -0.4 is 15.1 Å². The van der Waals surface area contributed by atoms with Crippen molar-refractivity contribution in [2.75, 3.05) is 43.3 Å². The molecule has 0 fully saturated rings. The number of hydrogen-bond acceptors (Lipinski definition) is 7. The van der Waals surface area contributed by atoms with Gasteiger partial charge in [-0.3, -0.25) is 0 Å². The highest BCUT2D eigenvalue weighted by molar-refractivity contribution is 7.16. The van der Waals surface area contributed by atoms with Crippen LogP contribution in [0.2, 0.25) is 0 Å². The third kappa shape index (κ3) is 3.31. The van der Waals surface area contributed by atoms with Crippen LogP contribution in [-0.2, 0) is 0 Å². The van der Waals surface area contributed by atoms with E-state index in [1.54, 1.807) is 11.3 Å². The second-order valence-electron chi connectivity index (χ2n) is 4.58. The standard InChI is InChI=1S/C12H18N6S/c1-8-6-7-9(19-8)13-10-14-11(17(2)3)16-12(15-10)18(4)5/h6-7H,1-5H3,(H,13,14,15,16). The van der Waals surface area contributed by atoms with E-state index < -0.39 is 0 Å². The van der Waals surface area contributed by atoms with Gasteiger partial charge < -0.3 is 15.1 Å². The zero-order valence-electron chi connectivity index (χ0n) is 11.8. The summed E-state index contributed by atoms with van der Waals surface area (Å²) in [7, 11) is 7.64. The minimum atomic E-state index is 0.559. The molecule has 0 aliphatic carbocycles. The highest BCUT2D eigenvalue weighted by atomic mass is 32.1. The summed E-state index contributed by atoms with van der Waals surface area (Å²) in [5, 5.41) is 4.24. The molecule has 0 unspecified atom stereocenters. The van der Waals surface area contributed by atoms with Gasteiger partial charge in [-0.1, -0.05) is 0 Å². The largest absolute Gasteiger partial charge is 0.347 e. The van der Waals surface area contributed by atoms with E-state index in [4.69, 9.17) is 0 Å². The Labute approximate surface area is 117 Å². The predicted molar refractivity (Wildman–Crippen MR) is 80.8 cm³/mol. The van der Waals surface area contributed by atoms with Crippen LogP contribution in [-0.4, -0.2) is 43.1 Å². The van der Waals surface area contributed by atoms with Crippen molar-refractivity contribution in [3.05, 3.63) is 17.0 Å². The Morgan fingerprint density at radius 1 is 0.947 bits per heavy atom. The number of nitrogens with zero attached hydrogens (tertiary/aromatic N) is 5. The average molecular weight is 278 g/mol. The van der Waals surface area contributed by atoms with Gasteiger partial charge >= 0.3 is 0 Å². The Hall–Kier alpha value is -1.89. The minimum absolute atomic E-state index is 0.559. The van der Waals surface area contributed by atoms with Crippen molar-refractivity contribution >= 4 is 34.2 Å². The maximum Gasteiger partial charge on any atom is 0.234 e. The van der Waals surface area contributed by atoms with Gasteiger partial charge in [-0.05, 0) is 19.1 Å². The van der Waals surface area contributed by atoms with Crippen molar-refractivity contribution in [3.8, 4) is 0 Å². The molecule has 2 aromatic heterocycles. The Morgan fingerprint density at radius 2 is 1.53 bits per heavy atom. The number of aromatic nitrogens is 3. The van der Waals surface area contributed by atoms with E-state index in [1.165, 1.54) is 4.88 Å². The predicted octanol–water partition coefficient (Wildman–Crippen LogP) is 2.12. The number of hydrogen-bond donors (Lipinski definition) is 1. The molecular weight excluding hydrogens is 260 g/mol. The lowest BCUT2D eigenvalue weighted by molar-refractivity contribution is 0.920. The fraction of sp³-hybridized carbons (Fsp3) is 0.417. The van der Waals surface area contributed by atoms with E-state index in [2.05, 4.69) is 33.3 Å². The van der Waals surface area contributed by atoms with Gasteiger partial charge in [0.2, 0.25) is 17.8 Å². The van der Waals surface area contributed by atoms with Gasteiger partial charge in [0.1, 0.15) is 0 Å². The first-order chi connectivity index (χ1) is 8.95. The molecule has 0 bridgehead atoms. The molecular formula is C12H18N6S. The zero-order chi connectivity index (χ0) is 14.0. The van der Waals surface area contributed by atoms with Crippen molar-refractivity contribution < 1.29 is 0 Å². The highest BCUT2D eigenvalue weighted by Crippen LogP contribution is 2.24. The summed E-state index contributed by atoms with van der Waals surface area (Å²) in [6.45, 7) is 2.07. The molecule has 7 heteroatoms. The fourth-order valence-corrected chi connectivity index (χ4v) is 2.18. The molecule has 1 N–H and O–H groups in total. The molecule has 102 valence electrons. The lowest BCUT2D eigenvalue weighted by atomic mass is 10.5. The van der Waals surface area contributed by atoms with Crippen molar-refractivity contribution in [3.63, 3.8) is 0 Å². The normalized spacial score (nSPS) is 10.4. The van der Waals surface area contributed by atoms with Crippen LogP contribution in [0.3, 0.4) is 0 Å². The number of thiophene rings is 1. The smallest absolute Gasteiger partial charge is 0.234 e. The summed E-state index contributed by atoms with van der Waals surface area (Å²) in [6.07, 6.45) is 0. The summed E-state index contributed by atoms with van der Waals surface area (Å²) < 4.78 is 0. The second-order valence-corrected chi connectivity index (χ2v) is 5.87. The Kier molecular flexibility index (Phi) is 3.84. The van der Waals surface area contributed by atoms with Crippen molar-refractivity contribution in [2.45, 2.75) is 6.92 Å². The van der Waals surface area contributed by atoms with Gasteiger partial charge in [0.05, 0.1) is 5.00 Å². The van der Waals surface area contributed by atoms with E-state index in [1.807, 2.05) is 44.1 Å². The van der Waals surface area contributed by atoms with Crippen LogP contribution >= 0.6 is 11.3 Å². The minimum Gasteiger partial charge on any atom is -0.347 e. The first-order valence-corrected chi connectivity index (χ1v) is 6.71. The Bertz CT molecular complexity index is 537. The first-order valence-electron chi connectivity index (χ1n) is 5.90. The van der Waals surface area contributed by atoms with Crippen LogP contribution in [0.1, 0.15) is 4.88 Å². The molecule has 0 spiro atoms. The lowest BCUT2D eigenvalue weighted by Crippen LogP contribution is -2.19. The number of rotatable bonds is 4. The maximum atomic E-state index is 4.39. The van der Waals surface area contributed by atoms with Crippen LogP contribution in [0.15, 0.2) is 12.1 Å². The molecule has 0 saturated carbocycles. The molecule has 19 heavy (non-hydrogen) atoms. The summed E-state index contributed by atoms with van der Waals surface area (Å²) in [6, 6.07) is 4.09. The molecule has 0 aliphatic heterocycles. The van der Waals surface area contributed by atoms with E-state index >= 15 is 0 Å². The van der Waals surface area contributed by atoms with E-state index in [0.717, 1.165) is 5.00 Å². The quantitative estimate of drug-likeness (QED) is 0.924. The number of nitrogens with one attached hydrogen (secondary N) is 1. The molecule has 2 heterocycles. The fourth-order valence-electron chi connectivity index (χ4n) is 1.42. The van der Waals surface area contributed by atoms with Crippen molar-refractivity contribution in [1.82, 2.24) is 15.0 Å². The van der Waals surface area contributed by atoms with Gasteiger partial charge in [-0.2, -0.15) is 15.0 Å². The molecule has 0 radical (unpaired) electrons. The Balaban J connectivity index is 2.33. The molecule has 6 nitrogen and oxygen atoms in total. The van der Waals surface area contributed by atoms with Crippen molar-refractivity contribution in [1.29, 1.82) is 0 Å². The first kappa shape index (κ1) is 13.5. The summed E-state index contributed by atoms with van der Waals surface area (Å²) >= 11 is 1.67. The molecule has 0 aromatic carbocycles. The second kappa shape index (κ2) is 5.40. The molecule has 0 saturated heterocycles. The van der Waals surface area contributed by atoms with E-state index in [0.29, 0.717) is 17.8 Å². The van der Waals surface area contributed by atoms with Gasteiger partial charge in [-0.15, -0.1) is 11.3 Å². The summed E-state index contributed by atoms with van der Waals surface area (Å²) in [5.41, 5.74) is 0. The third-order valence-electron chi connectivity index (χ3n) is 2.39. The highest BCUT2D eigenvalue weighted by Gasteiger charge is 2.10. The molecule has 2 rings (SSSR count). The van der Waals surface area contributed by atoms with Crippen LogP contribution in [0, 0.1) is 6.92 Å². The average Bonchev–Trinajstić information content (AvgIpc) is 2.74. The maximum absolute atomic E-state index is 4.39. The van der Waals surface area contributed by atoms with Crippen molar-refractivity contribution in [2.24, 2.45) is 0 Å². The van der Waals surface area contributed by atoms with Gasteiger partial charge in [0.15, 0.2) is 0 Å². The topological polar surface area (TPSA) is 57.2 Å². The van der Waals surface area contributed by atoms with Gasteiger partial charge in [-0.25, -0.2) is 0 Å². The molecule has 0 atom stereocenters. The van der Waals surface area contributed by atoms with E-state index in [9.17, 15) is 0 Å². The van der Waals surface area contributed by atoms with Crippen LogP contribution in [0.4, 0.5) is 22.8 Å². The summed E-state index contributed by atoms with van der Waals surface area (Å²) in [5.74, 6) is 1.83. The van der Waals surface area contributed by atoms with Gasteiger partial charge in [0.25, 0.3) is 0 Å². The third-order valence-corrected chi connectivity index (χ3v) is 3.30. The SMILES string of the molecule is Cc1ccc(Nc2nc(N(C)C)nc(N(C)C)n2)s1. The number of aryl methyl sites for hydroxylation is 1. The van der Waals surface area contributed by atoms with E-state index in [-0.39, 0.29) is 0 Å². The summed E-state index contributed by atoms with van der Waals surface area (Å²) in [4.78, 5) is 18.1. The lowest BCUT2D eigenvalue weighted by Gasteiger charge is -2.16. The molecule has 0 aliphatic rings. The molecule has 0 amide bonds. The zero-order valence-corrected chi connectivity index (χ0v) is 12.6. The van der Waals surface area contributed by atoms with Crippen LogP contribution in [0.25, 0.3) is 0 Å². The van der Waals surface area contributed by atoms with Gasteiger partial charge in [0, 0.05) is 33.1 Å². The monoisotopic (exact) mass is 278 g/mol. The van der Waals surface area contributed by atoms with Crippen LogP contribution in [0.5, 0.6) is 0 Å².